The molecule has 1 aromatic heterocycles. The van der Waals surface area contributed by atoms with E-state index in [0.29, 0.717) is 6.54 Å². The molecule has 72 valence electrons. The smallest absolute Gasteiger partial charge is 0.190 e. The molecule has 0 aliphatic heterocycles. The summed E-state index contributed by atoms with van der Waals surface area (Å²) < 4.78 is 1.89. The summed E-state index contributed by atoms with van der Waals surface area (Å²) in [4.78, 5) is 0. The highest BCUT2D eigenvalue weighted by Gasteiger charge is 2.03. The van der Waals surface area contributed by atoms with E-state index in [1.807, 2.05) is 17.9 Å². The molecule has 1 aromatic rings. The topological polar surface area (TPSA) is 56.7 Å². The van der Waals surface area contributed by atoms with Gasteiger partial charge in [0.2, 0.25) is 0 Å². The molecule has 0 unspecified atom stereocenters. The Labute approximate surface area is 88.1 Å². The fourth-order valence-electron chi connectivity index (χ4n) is 0.701. The molecule has 0 amide bonds. The van der Waals surface area contributed by atoms with Crippen LogP contribution in [0.1, 0.15) is 5.82 Å². The third kappa shape index (κ3) is 2.82. The fraction of sp³-hybridized carbons (Fsp3) is 0.600. The van der Waals surface area contributed by atoms with E-state index in [1.165, 1.54) is 0 Å². The number of nitrogens with two attached hydrogens (primary N) is 1. The molecule has 4 nitrogen and oxygen atoms in total. The molecule has 0 saturated carbocycles. The lowest BCUT2D eigenvalue weighted by Crippen LogP contribution is -2.04. The number of hydrogen-bond donors (Lipinski definition) is 1. The summed E-state index contributed by atoms with van der Waals surface area (Å²) in [6.07, 6.45) is 1.96. The minimum absolute atomic E-state index is 0. The van der Waals surface area contributed by atoms with Gasteiger partial charge in [-0.05, 0) is 6.26 Å². The van der Waals surface area contributed by atoms with Gasteiger partial charge in [0, 0.05) is 7.05 Å². The Morgan fingerprint density at radius 3 is 2.25 bits per heavy atom. The Kier molecular flexibility index (Phi) is 7.92. The molecule has 0 atom stereocenters. The van der Waals surface area contributed by atoms with E-state index in [2.05, 4.69) is 10.2 Å². The summed E-state index contributed by atoms with van der Waals surface area (Å²) in [7, 11) is 1.91. The number of thioether (sulfide) groups is 1. The van der Waals surface area contributed by atoms with Crippen molar-refractivity contribution in [2.24, 2.45) is 12.8 Å². The molecule has 0 aliphatic carbocycles. The molecule has 0 fully saturated rings. The molecule has 0 aliphatic rings. The molecule has 7 heteroatoms. The van der Waals surface area contributed by atoms with Crippen LogP contribution >= 0.6 is 36.6 Å². The Hall–Kier alpha value is 0.0300. The molecule has 0 radical (unpaired) electrons. The highest BCUT2D eigenvalue weighted by Crippen LogP contribution is 2.10. The van der Waals surface area contributed by atoms with Crippen molar-refractivity contribution in [2.45, 2.75) is 11.7 Å². The SMILES string of the molecule is CSc1nnc(CN)n1C.Cl.Cl. The summed E-state index contributed by atoms with van der Waals surface area (Å²) in [5.74, 6) is 0.823. The van der Waals surface area contributed by atoms with Crippen molar-refractivity contribution in [3.8, 4) is 0 Å². The van der Waals surface area contributed by atoms with E-state index in [4.69, 9.17) is 5.73 Å². The molecule has 0 bridgehead atoms. The zero-order valence-corrected chi connectivity index (χ0v) is 9.30. The second-order valence-corrected chi connectivity index (χ2v) is 2.64. The average Bonchev–Trinajstić information content (AvgIpc) is 2.30. The molecular formula is C5H12Cl2N4S. The van der Waals surface area contributed by atoms with Gasteiger partial charge in [0.15, 0.2) is 5.16 Å². The largest absolute Gasteiger partial charge is 0.324 e. The van der Waals surface area contributed by atoms with Gasteiger partial charge in [-0.25, -0.2) is 0 Å². The van der Waals surface area contributed by atoms with Crippen molar-refractivity contribution in [2.75, 3.05) is 6.26 Å². The lowest BCUT2D eigenvalue weighted by Gasteiger charge is -1.96. The van der Waals surface area contributed by atoms with E-state index in [9.17, 15) is 0 Å². The van der Waals surface area contributed by atoms with Crippen LogP contribution in [0.5, 0.6) is 0 Å². The zero-order chi connectivity index (χ0) is 7.56. The van der Waals surface area contributed by atoms with Gasteiger partial charge >= 0.3 is 0 Å². The Morgan fingerprint density at radius 2 is 2.00 bits per heavy atom. The lowest BCUT2D eigenvalue weighted by atomic mass is 10.6. The first-order valence-corrected chi connectivity index (χ1v) is 4.14. The fourth-order valence-corrected chi connectivity index (χ4v) is 1.20. The van der Waals surface area contributed by atoms with Gasteiger partial charge in [0.1, 0.15) is 5.82 Å². The first kappa shape index (κ1) is 14.5. The Balaban J connectivity index is 0. The monoisotopic (exact) mass is 230 g/mol. The van der Waals surface area contributed by atoms with Crippen LogP contribution in [-0.4, -0.2) is 21.0 Å². The summed E-state index contributed by atoms with van der Waals surface area (Å²) in [5.41, 5.74) is 5.39. The minimum Gasteiger partial charge on any atom is -0.324 e. The highest BCUT2D eigenvalue weighted by atomic mass is 35.5. The average molecular weight is 231 g/mol. The van der Waals surface area contributed by atoms with Crippen LogP contribution in [0, 0.1) is 0 Å². The van der Waals surface area contributed by atoms with Crippen molar-refractivity contribution in [3.63, 3.8) is 0 Å². The molecule has 12 heavy (non-hydrogen) atoms. The van der Waals surface area contributed by atoms with E-state index >= 15 is 0 Å². The second kappa shape index (κ2) is 6.54. The molecule has 0 aromatic carbocycles. The summed E-state index contributed by atoms with van der Waals surface area (Å²) >= 11 is 1.57. The van der Waals surface area contributed by atoms with Gasteiger partial charge in [-0.15, -0.1) is 35.0 Å². The first-order valence-electron chi connectivity index (χ1n) is 2.92. The van der Waals surface area contributed by atoms with Crippen LogP contribution < -0.4 is 5.73 Å². The number of aromatic nitrogens is 3. The van der Waals surface area contributed by atoms with Crippen LogP contribution in [0.2, 0.25) is 0 Å². The van der Waals surface area contributed by atoms with Gasteiger partial charge in [0.05, 0.1) is 6.54 Å². The predicted octanol–water partition coefficient (Wildman–Crippen LogP) is 0.839. The molecule has 1 rings (SSSR count). The van der Waals surface area contributed by atoms with Gasteiger partial charge in [0.25, 0.3) is 0 Å². The van der Waals surface area contributed by atoms with E-state index < -0.39 is 0 Å². The van der Waals surface area contributed by atoms with E-state index in [1.54, 1.807) is 11.8 Å². The van der Waals surface area contributed by atoms with Gasteiger partial charge in [-0.1, -0.05) is 11.8 Å². The maximum Gasteiger partial charge on any atom is 0.190 e. The number of rotatable bonds is 2. The number of hydrogen-bond acceptors (Lipinski definition) is 4. The van der Waals surface area contributed by atoms with Gasteiger partial charge < -0.3 is 10.3 Å². The van der Waals surface area contributed by atoms with Crippen molar-refractivity contribution in [1.82, 2.24) is 14.8 Å². The van der Waals surface area contributed by atoms with Crippen LogP contribution in [0.25, 0.3) is 0 Å². The van der Waals surface area contributed by atoms with Gasteiger partial charge in [-0.3, -0.25) is 0 Å². The Morgan fingerprint density at radius 1 is 1.42 bits per heavy atom. The highest BCUT2D eigenvalue weighted by molar-refractivity contribution is 7.98. The number of halogens is 2. The molecule has 2 N–H and O–H groups in total. The molecular weight excluding hydrogens is 219 g/mol. The van der Waals surface area contributed by atoms with Crippen molar-refractivity contribution < 1.29 is 0 Å². The summed E-state index contributed by atoms with van der Waals surface area (Å²) in [6, 6.07) is 0. The van der Waals surface area contributed by atoms with Crippen molar-refractivity contribution >= 4 is 36.6 Å². The maximum absolute atomic E-state index is 5.39. The standard InChI is InChI=1S/C5H10N4S.2ClH/c1-9-4(3-6)7-8-5(9)10-2;;/h3,6H2,1-2H3;2*1H. The van der Waals surface area contributed by atoms with Crippen LogP contribution in [0.15, 0.2) is 5.16 Å². The first-order chi connectivity index (χ1) is 4.79. The maximum atomic E-state index is 5.39. The quantitative estimate of drug-likeness (QED) is 0.766. The van der Waals surface area contributed by atoms with E-state index in [-0.39, 0.29) is 24.8 Å². The Bertz CT molecular complexity index is 206. The van der Waals surface area contributed by atoms with Gasteiger partial charge in [-0.2, -0.15) is 0 Å². The lowest BCUT2D eigenvalue weighted by molar-refractivity contribution is 0.735. The molecule has 0 saturated heterocycles. The summed E-state index contributed by atoms with van der Waals surface area (Å²) in [6.45, 7) is 0.448. The predicted molar refractivity (Wildman–Crippen MR) is 55.2 cm³/mol. The van der Waals surface area contributed by atoms with Crippen LogP contribution in [0.3, 0.4) is 0 Å². The number of nitrogens with zero attached hydrogens (tertiary/aromatic N) is 3. The van der Waals surface area contributed by atoms with Crippen LogP contribution in [-0.2, 0) is 13.6 Å². The van der Waals surface area contributed by atoms with Crippen molar-refractivity contribution in [3.05, 3.63) is 5.82 Å². The minimum atomic E-state index is 0. The third-order valence-electron chi connectivity index (χ3n) is 1.29. The molecule has 1 heterocycles. The van der Waals surface area contributed by atoms with Crippen LogP contribution in [0.4, 0.5) is 0 Å². The third-order valence-corrected chi connectivity index (χ3v) is 2.01. The summed E-state index contributed by atoms with van der Waals surface area (Å²) in [5, 5.41) is 8.68. The zero-order valence-electron chi connectivity index (χ0n) is 6.85. The second-order valence-electron chi connectivity index (χ2n) is 1.87. The molecule has 0 spiro atoms. The van der Waals surface area contributed by atoms with Crippen molar-refractivity contribution in [1.29, 1.82) is 0 Å². The normalized spacial score (nSPS) is 8.58. The van der Waals surface area contributed by atoms with E-state index in [0.717, 1.165) is 11.0 Å².